The predicted molar refractivity (Wildman–Crippen MR) is 178 cm³/mol. The SMILES string of the molecule is COO[C@@]1(C(=O)Nc2ccc3[nH]nc(-c4ccc(F)cc4)c3c2)CCN(CC(=O)N2CCC(c3ccc(-c4ncccn4)cc3)CC2)C1. The van der Waals surface area contributed by atoms with Crippen molar-refractivity contribution in [1.29, 1.82) is 0 Å². The molecule has 3 aromatic carbocycles. The van der Waals surface area contributed by atoms with Crippen molar-refractivity contribution in [2.75, 3.05) is 45.2 Å². The van der Waals surface area contributed by atoms with E-state index in [1.807, 2.05) is 21.9 Å². The zero-order chi connectivity index (χ0) is 33.1. The van der Waals surface area contributed by atoms with Gasteiger partial charge in [0.2, 0.25) is 5.91 Å². The lowest BCUT2D eigenvalue weighted by molar-refractivity contribution is -0.328. The summed E-state index contributed by atoms with van der Waals surface area (Å²) in [6.45, 7) is 2.27. The average molecular weight is 650 g/mol. The highest BCUT2D eigenvalue weighted by molar-refractivity contribution is 6.01. The van der Waals surface area contributed by atoms with Crippen molar-refractivity contribution in [3.05, 3.63) is 96.6 Å². The van der Waals surface area contributed by atoms with Crippen LogP contribution in [0.1, 0.15) is 30.7 Å². The Bertz CT molecular complexity index is 1890. The number of aromatic nitrogens is 4. The maximum Gasteiger partial charge on any atom is 0.261 e. The number of halogens is 1. The Balaban J connectivity index is 0.953. The summed E-state index contributed by atoms with van der Waals surface area (Å²) in [4.78, 5) is 50.2. The summed E-state index contributed by atoms with van der Waals surface area (Å²) < 4.78 is 13.5. The van der Waals surface area contributed by atoms with Crippen molar-refractivity contribution in [2.24, 2.45) is 0 Å². The molecule has 0 bridgehead atoms. The molecule has 2 aliphatic rings. The molecule has 48 heavy (non-hydrogen) atoms. The van der Waals surface area contributed by atoms with Crippen LogP contribution in [-0.4, -0.2) is 87.2 Å². The Morgan fingerprint density at radius 1 is 0.979 bits per heavy atom. The number of fused-ring (bicyclic) bond motifs is 1. The molecule has 0 saturated carbocycles. The minimum atomic E-state index is -1.29. The average Bonchev–Trinajstić information content (AvgIpc) is 3.74. The third-order valence-corrected chi connectivity index (χ3v) is 9.32. The number of hydrogen-bond donors (Lipinski definition) is 2. The van der Waals surface area contributed by atoms with Crippen LogP contribution in [0.5, 0.6) is 0 Å². The Morgan fingerprint density at radius 2 is 1.71 bits per heavy atom. The molecule has 5 aromatic rings. The second-order valence-electron chi connectivity index (χ2n) is 12.3. The topological polar surface area (TPSA) is 126 Å². The summed E-state index contributed by atoms with van der Waals surface area (Å²) in [5, 5.41) is 11.1. The van der Waals surface area contributed by atoms with Crippen LogP contribution in [0.15, 0.2) is 85.2 Å². The number of amides is 2. The zero-order valence-corrected chi connectivity index (χ0v) is 26.6. The molecule has 2 saturated heterocycles. The van der Waals surface area contributed by atoms with E-state index in [1.54, 1.807) is 36.7 Å². The van der Waals surface area contributed by atoms with Crippen molar-refractivity contribution in [1.82, 2.24) is 30.0 Å². The fourth-order valence-corrected chi connectivity index (χ4v) is 6.71. The van der Waals surface area contributed by atoms with E-state index in [1.165, 1.54) is 24.8 Å². The molecule has 0 spiro atoms. The zero-order valence-electron chi connectivity index (χ0n) is 26.6. The monoisotopic (exact) mass is 649 g/mol. The molecule has 2 amide bonds. The highest BCUT2D eigenvalue weighted by Crippen LogP contribution is 2.33. The van der Waals surface area contributed by atoms with Crippen LogP contribution in [-0.2, 0) is 19.4 Å². The number of aromatic amines is 1. The summed E-state index contributed by atoms with van der Waals surface area (Å²) >= 11 is 0. The summed E-state index contributed by atoms with van der Waals surface area (Å²) in [6.07, 6.45) is 5.61. The van der Waals surface area contributed by atoms with E-state index in [2.05, 4.69) is 49.7 Å². The number of benzene rings is 3. The van der Waals surface area contributed by atoms with Crippen LogP contribution >= 0.6 is 0 Å². The molecule has 2 aromatic heterocycles. The van der Waals surface area contributed by atoms with E-state index in [0.29, 0.717) is 49.2 Å². The molecule has 4 heterocycles. The normalized spacial score (nSPS) is 18.8. The van der Waals surface area contributed by atoms with Crippen molar-refractivity contribution >= 4 is 28.4 Å². The molecule has 7 rings (SSSR count). The van der Waals surface area contributed by atoms with Gasteiger partial charge in [0.25, 0.3) is 5.91 Å². The molecule has 1 atom stereocenters. The fraction of sp³-hybridized carbons (Fsp3) is 0.306. The van der Waals surface area contributed by atoms with Gasteiger partial charge in [0.15, 0.2) is 11.4 Å². The van der Waals surface area contributed by atoms with Crippen LogP contribution in [0.4, 0.5) is 10.1 Å². The Kier molecular flexibility index (Phi) is 8.94. The van der Waals surface area contributed by atoms with Gasteiger partial charge in [-0.3, -0.25) is 19.6 Å². The molecule has 2 fully saturated rings. The first-order valence-corrected chi connectivity index (χ1v) is 16.1. The van der Waals surface area contributed by atoms with Crippen LogP contribution in [0.25, 0.3) is 33.5 Å². The van der Waals surface area contributed by atoms with Crippen LogP contribution in [0.3, 0.4) is 0 Å². The Hall–Kier alpha value is -5.04. The van der Waals surface area contributed by atoms with Gasteiger partial charge < -0.3 is 10.2 Å². The third-order valence-electron chi connectivity index (χ3n) is 9.32. The number of carbonyl (C=O) groups is 2. The molecule has 246 valence electrons. The van der Waals surface area contributed by atoms with Gasteiger partial charge in [-0.15, -0.1) is 0 Å². The van der Waals surface area contributed by atoms with Crippen molar-refractivity contribution in [2.45, 2.75) is 30.8 Å². The van der Waals surface area contributed by atoms with E-state index in [4.69, 9.17) is 9.78 Å². The first kappa shape index (κ1) is 31.6. The van der Waals surface area contributed by atoms with Crippen molar-refractivity contribution < 1.29 is 23.8 Å². The highest BCUT2D eigenvalue weighted by atomic mass is 19.1. The molecular weight excluding hydrogens is 613 g/mol. The van der Waals surface area contributed by atoms with Gasteiger partial charge in [-0.05, 0) is 72.9 Å². The Morgan fingerprint density at radius 3 is 2.44 bits per heavy atom. The molecular formula is C36H36FN7O4. The van der Waals surface area contributed by atoms with E-state index in [9.17, 15) is 14.0 Å². The summed E-state index contributed by atoms with van der Waals surface area (Å²) in [6, 6.07) is 21.7. The number of piperidine rings is 1. The van der Waals surface area contributed by atoms with E-state index in [0.717, 1.165) is 34.9 Å². The number of H-pyrrole nitrogens is 1. The standard InChI is InChI=1S/C36H36FN7O4/c1-47-48-36(35(46)40-29-11-12-31-30(21-29)33(42-41-31)26-7-9-28(37)10-8-26)15-20-43(23-36)22-32(45)44-18-13-25(14-19-44)24-3-5-27(6-4-24)34-38-16-2-17-39-34/h2-12,16-17,21,25H,13-15,18-20,22-23H2,1H3,(H,40,46)(H,41,42)/t36-/m0/s1. The number of likely N-dealkylation sites (tertiary alicyclic amines) is 2. The predicted octanol–water partition coefficient (Wildman–Crippen LogP) is 5.19. The molecule has 2 aliphatic heterocycles. The van der Waals surface area contributed by atoms with E-state index in [-0.39, 0.29) is 30.7 Å². The van der Waals surface area contributed by atoms with Gasteiger partial charge >= 0.3 is 0 Å². The van der Waals surface area contributed by atoms with Crippen molar-refractivity contribution in [3.63, 3.8) is 0 Å². The fourth-order valence-electron chi connectivity index (χ4n) is 6.71. The second kappa shape index (κ2) is 13.6. The molecule has 0 radical (unpaired) electrons. The quantitative estimate of drug-likeness (QED) is 0.165. The number of nitrogens with one attached hydrogen (secondary N) is 2. The number of carbonyl (C=O) groups excluding carboxylic acids is 2. The van der Waals surface area contributed by atoms with Gasteiger partial charge in [-0.1, -0.05) is 24.3 Å². The summed E-state index contributed by atoms with van der Waals surface area (Å²) in [7, 11) is 1.38. The number of hydrogen-bond acceptors (Lipinski definition) is 8. The minimum absolute atomic E-state index is 0.0392. The maximum atomic E-state index is 13.7. The lowest BCUT2D eigenvalue weighted by Crippen LogP contribution is -2.49. The maximum absolute atomic E-state index is 13.7. The van der Waals surface area contributed by atoms with Crippen molar-refractivity contribution in [3.8, 4) is 22.6 Å². The lowest BCUT2D eigenvalue weighted by atomic mass is 9.89. The smallest absolute Gasteiger partial charge is 0.261 e. The minimum Gasteiger partial charge on any atom is -0.342 e. The molecule has 2 N–H and O–H groups in total. The third kappa shape index (κ3) is 6.55. The molecule has 0 aliphatic carbocycles. The number of anilines is 1. The first-order chi connectivity index (χ1) is 23.4. The van der Waals surface area contributed by atoms with Gasteiger partial charge in [0.05, 0.1) is 24.9 Å². The van der Waals surface area contributed by atoms with Gasteiger partial charge in [-0.2, -0.15) is 5.10 Å². The second-order valence-corrected chi connectivity index (χ2v) is 12.3. The molecule has 12 heteroatoms. The number of nitrogens with zero attached hydrogens (tertiary/aromatic N) is 5. The van der Waals surface area contributed by atoms with Crippen LogP contribution in [0, 0.1) is 5.82 Å². The van der Waals surface area contributed by atoms with E-state index >= 15 is 0 Å². The van der Waals surface area contributed by atoms with E-state index < -0.39 is 5.60 Å². The highest BCUT2D eigenvalue weighted by Gasteiger charge is 2.48. The lowest BCUT2D eigenvalue weighted by Gasteiger charge is -2.33. The van der Waals surface area contributed by atoms with Crippen LogP contribution in [0.2, 0.25) is 0 Å². The van der Waals surface area contributed by atoms with Gasteiger partial charge in [-0.25, -0.2) is 24.1 Å². The van der Waals surface area contributed by atoms with Gasteiger partial charge in [0.1, 0.15) is 5.82 Å². The van der Waals surface area contributed by atoms with Gasteiger partial charge in [0, 0.05) is 67.2 Å². The first-order valence-electron chi connectivity index (χ1n) is 16.1. The molecule has 0 unspecified atom stereocenters. The molecule has 11 nitrogen and oxygen atoms in total. The largest absolute Gasteiger partial charge is 0.342 e. The van der Waals surface area contributed by atoms with Crippen LogP contribution < -0.4 is 5.32 Å². The number of rotatable bonds is 9. The summed E-state index contributed by atoms with van der Waals surface area (Å²) in [5.74, 6) is 0.431. The Labute approximate surface area is 277 Å². The summed E-state index contributed by atoms with van der Waals surface area (Å²) in [5.41, 5.74) is 3.68.